The predicted molar refractivity (Wildman–Crippen MR) is 231 cm³/mol. The number of aromatic nitrogens is 8. The first-order valence-corrected chi connectivity index (χ1v) is 20.1. The predicted octanol–water partition coefficient (Wildman–Crippen LogP) is 5.04. The summed E-state index contributed by atoms with van der Waals surface area (Å²) >= 11 is 0. The molecule has 6 aromatic rings. The van der Waals surface area contributed by atoms with Gasteiger partial charge in [-0.3, -0.25) is 33.9 Å². The Kier molecular flexibility index (Phi) is 12.7. The van der Waals surface area contributed by atoms with Crippen LogP contribution in [0.15, 0.2) is 53.5 Å². The molecule has 322 valence electrons. The van der Waals surface area contributed by atoms with Gasteiger partial charge in [0.25, 0.3) is 11.8 Å². The fourth-order valence-electron chi connectivity index (χ4n) is 7.26. The molecule has 61 heavy (non-hydrogen) atoms. The molecular formula is C43H54N12O6. The highest BCUT2D eigenvalue weighted by molar-refractivity contribution is 6.04. The maximum atomic E-state index is 13.8. The van der Waals surface area contributed by atoms with Gasteiger partial charge in [0.15, 0.2) is 0 Å². The minimum Gasteiger partial charge on any atom is -0.494 e. The number of nitrogens with one attached hydrogen (secondary N) is 1. The number of benzene rings is 2. The summed E-state index contributed by atoms with van der Waals surface area (Å²) in [4.78, 5) is 61.8. The molecule has 2 aromatic carbocycles. The maximum absolute atomic E-state index is 13.8. The van der Waals surface area contributed by atoms with Crippen molar-refractivity contribution in [2.75, 3.05) is 19.0 Å². The molecule has 0 aliphatic carbocycles. The summed E-state index contributed by atoms with van der Waals surface area (Å²) in [6, 6.07) is 9.74. The SMILES string of the molecule is CCn1nc(C)cc1C(=O)N=c1n(C)c2cc(C(N)=O)cc(OC)c2n1C/C=C/Cn1c(NC(=O)c2cc(C)nn2CC)nc2cc(C(N)=O)cc(OCCCC(C)(C)C)c21. The third-order valence-corrected chi connectivity index (χ3v) is 10.2. The summed E-state index contributed by atoms with van der Waals surface area (Å²) in [5, 5.41) is 11.8. The summed E-state index contributed by atoms with van der Waals surface area (Å²) in [6.07, 6.45) is 5.41. The monoisotopic (exact) mass is 834 g/mol. The van der Waals surface area contributed by atoms with Gasteiger partial charge in [0.2, 0.25) is 23.4 Å². The lowest BCUT2D eigenvalue weighted by molar-refractivity contribution is 0.0980. The van der Waals surface area contributed by atoms with Crippen LogP contribution in [0.25, 0.3) is 22.1 Å². The molecule has 4 aromatic heterocycles. The second-order valence-electron chi connectivity index (χ2n) is 16.0. The Bertz CT molecular complexity index is 2770. The molecule has 0 unspecified atom stereocenters. The van der Waals surface area contributed by atoms with Crippen molar-refractivity contribution < 1.29 is 28.7 Å². The molecule has 5 N–H and O–H groups in total. The summed E-state index contributed by atoms with van der Waals surface area (Å²) in [5.74, 6) is -1.28. The molecule has 18 heteroatoms. The van der Waals surface area contributed by atoms with Crippen LogP contribution < -0.4 is 31.9 Å². The largest absolute Gasteiger partial charge is 0.494 e. The van der Waals surface area contributed by atoms with Crippen LogP contribution >= 0.6 is 0 Å². The molecule has 0 aliphatic heterocycles. The number of nitrogens with two attached hydrogens (primary N) is 2. The number of fused-ring (bicyclic) bond motifs is 2. The molecule has 0 saturated heterocycles. The van der Waals surface area contributed by atoms with Gasteiger partial charge in [0.1, 0.15) is 33.9 Å². The number of hydrogen-bond acceptors (Lipinski definition) is 9. The van der Waals surface area contributed by atoms with Gasteiger partial charge in [0, 0.05) is 44.4 Å². The number of aryl methyl sites for hydroxylation is 5. The van der Waals surface area contributed by atoms with E-state index < -0.39 is 23.6 Å². The summed E-state index contributed by atoms with van der Waals surface area (Å²) < 4.78 is 20.6. The minimum atomic E-state index is -0.650. The van der Waals surface area contributed by atoms with E-state index >= 15 is 0 Å². The average molecular weight is 835 g/mol. The number of imidazole rings is 2. The third kappa shape index (κ3) is 9.27. The maximum Gasteiger partial charge on any atom is 0.298 e. The average Bonchev–Trinajstić information content (AvgIpc) is 3.95. The van der Waals surface area contributed by atoms with Crippen LogP contribution in [0, 0.1) is 19.3 Å². The molecule has 0 aliphatic rings. The van der Waals surface area contributed by atoms with Crippen molar-refractivity contribution in [3.63, 3.8) is 0 Å². The minimum absolute atomic E-state index is 0.0922. The first-order valence-electron chi connectivity index (χ1n) is 20.1. The van der Waals surface area contributed by atoms with Crippen LogP contribution in [0.2, 0.25) is 0 Å². The molecule has 0 fully saturated rings. The van der Waals surface area contributed by atoms with E-state index in [0.29, 0.717) is 76.0 Å². The van der Waals surface area contributed by atoms with Crippen LogP contribution in [0.3, 0.4) is 0 Å². The number of amides is 4. The lowest BCUT2D eigenvalue weighted by atomic mass is 9.91. The normalized spacial score (nSPS) is 12.2. The van der Waals surface area contributed by atoms with Crippen molar-refractivity contribution in [3.8, 4) is 11.5 Å². The number of nitrogens with zero attached hydrogens (tertiary/aromatic N) is 9. The molecule has 4 amide bonds. The van der Waals surface area contributed by atoms with Crippen molar-refractivity contribution >= 4 is 51.6 Å². The van der Waals surface area contributed by atoms with E-state index in [2.05, 4.69) is 41.3 Å². The first kappa shape index (κ1) is 43.6. The summed E-state index contributed by atoms with van der Waals surface area (Å²) in [6.45, 7) is 15.6. The first-order chi connectivity index (χ1) is 28.9. The Balaban J connectivity index is 1.46. The molecule has 6 rings (SSSR count). The lowest BCUT2D eigenvalue weighted by Gasteiger charge is -2.18. The van der Waals surface area contributed by atoms with E-state index in [1.807, 2.05) is 32.9 Å². The highest BCUT2D eigenvalue weighted by Crippen LogP contribution is 2.32. The molecule has 18 nitrogen and oxygen atoms in total. The number of carbonyl (C=O) groups excluding carboxylic acids is 4. The van der Waals surface area contributed by atoms with E-state index in [1.54, 1.807) is 73.4 Å². The van der Waals surface area contributed by atoms with Crippen molar-refractivity contribution in [1.82, 2.24) is 38.2 Å². The Morgan fingerprint density at radius 3 is 2.02 bits per heavy atom. The smallest absolute Gasteiger partial charge is 0.298 e. The van der Waals surface area contributed by atoms with Crippen LogP contribution in [-0.4, -0.2) is 75.6 Å². The number of allylic oxidation sites excluding steroid dienone is 2. The zero-order chi connectivity index (χ0) is 44.3. The number of anilines is 1. The van der Waals surface area contributed by atoms with Crippen LogP contribution in [0.1, 0.15) is 101 Å². The molecular weight excluding hydrogens is 781 g/mol. The van der Waals surface area contributed by atoms with Gasteiger partial charge in [-0.15, -0.1) is 0 Å². The van der Waals surface area contributed by atoms with Crippen molar-refractivity contribution in [2.24, 2.45) is 28.9 Å². The Morgan fingerprint density at radius 2 is 1.41 bits per heavy atom. The fourth-order valence-corrected chi connectivity index (χ4v) is 7.26. The zero-order valence-corrected chi connectivity index (χ0v) is 36.2. The van der Waals surface area contributed by atoms with E-state index in [0.717, 1.165) is 12.8 Å². The second kappa shape index (κ2) is 17.7. The Hall–Kier alpha value is -6.98. The quantitative estimate of drug-likeness (QED) is 0.0876. The van der Waals surface area contributed by atoms with E-state index in [9.17, 15) is 19.2 Å². The molecule has 0 saturated carbocycles. The van der Waals surface area contributed by atoms with Crippen LogP contribution in [-0.2, 0) is 33.2 Å². The van der Waals surface area contributed by atoms with Gasteiger partial charge in [0.05, 0.1) is 36.1 Å². The highest BCUT2D eigenvalue weighted by atomic mass is 16.5. The van der Waals surface area contributed by atoms with E-state index in [1.165, 1.54) is 7.11 Å². The van der Waals surface area contributed by atoms with Crippen molar-refractivity contribution in [3.05, 3.63) is 88.1 Å². The number of carbonyl (C=O) groups is 4. The van der Waals surface area contributed by atoms with Gasteiger partial charge in [-0.1, -0.05) is 32.9 Å². The van der Waals surface area contributed by atoms with E-state index in [-0.39, 0.29) is 41.2 Å². The van der Waals surface area contributed by atoms with Gasteiger partial charge < -0.3 is 34.6 Å². The standard InChI is InChI=1S/C43H54N12O6/c1-10-54-31(19-25(3)49-54)39(58)47-41-46-29-21-27(37(44)56)24-34(61-18-14-15-43(5,6)7)35(29)52(41)16-12-13-17-53-36-30(22-28(38(45)57)23-33(36)60-9)51(8)42(53)48-40(59)32-20-26(4)50-55(32)11-2/h12-13,19-24H,10-11,14-18H2,1-9H3,(H2,44,56)(H2,45,57)(H,46,47,58)/b13-12+,48-42?. The molecule has 0 spiro atoms. The zero-order valence-electron chi connectivity index (χ0n) is 36.2. The number of rotatable bonds is 16. The van der Waals surface area contributed by atoms with Gasteiger partial charge >= 0.3 is 0 Å². The lowest BCUT2D eigenvalue weighted by Crippen LogP contribution is -2.26. The number of ether oxygens (including phenoxy) is 2. The van der Waals surface area contributed by atoms with Crippen molar-refractivity contribution in [1.29, 1.82) is 0 Å². The second-order valence-corrected chi connectivity index (χ2v) is 16.0. The topological polar surface area (TPSA) is 226 Å². The number of hydrogen-bond donors (Lipinski definition) is 3. The molecule has 0 radical (unpaired) electrons. The number of methoxy groups -OCH3 is 1. The van der Waals surface area contributed by atoms with E-state index in [4.69, 9.17) is 25.9 Å². The highest BCUT2D eigenvalue weighted by Gasteiger charge is 2.23. The van der Waals surface area contributed by atoms with Gasteiger partial charge in [-0.05, 0) is 82.3 Å². The molecule has 0 bridgehead atoms. The summed E-state index contributed by atoms with van der Waals surface area (Å²) in [5.41, 5.74) is 16.4. The van der Waals surface area contributed by atoms with Gasteiger partial charge in [-0.2, -0.15) is 15.2 Å². The molecule has 4 heterocycles. The molecule has 0 atom stereocenters. The van der Waals surface area contributed by atoms with Crippen molar-refractivity contribution in [2.45, 2.75) is 87.5 Å². The van der Waals surface area contributed by atoms with Crippen LogP contribution in [0.4, 0.5) is 5.95 Å². The Labute approximate surface area is 352 Å². The third-order valence-electron chi connectivity index (χ3n) is 10.2. The Morgan fingerprint density at radius 1 is 0.820 bits per heavy atom. The van der Waals surface area contributed by atoms with Crippen LogP contribution in [0.5, 0.6) is 11.5 Å². The summed E-state index contributed by atoms with van der Waals surface area (Å²) in [7, 11) is 3.22. The van der Waals surface area contributed by atoms with Gasteiger partial charge in [-0.25, -0.2) is 4.98 Å². The number of primary amides is 2. The fraction of sp³-hybridized carbons (Fsp3) is 0.395.